The summed E-state index contributed by atoms with van der Waals surface area (Å²) in [6.07, 6.45) is 4.14. The van der Waals surface area contributed by atoms with Crippen LogP contribution in [0, 0.1) is 18.8 Å². The Morgan fingerprint density at radius 3 is 2.25 bits per heavy atom. The Morgan fingerprint density at radius 1 is 0.893 bits per heavy atom. The molecule has 2 aromatic rings. The summed E-state index contributed by atoms with van der Waals surface area (Å²) in [6.45, 7) is 3.57. The molecule has 4 heteroatoms. The molecule has 0 saturated heterocycles. The molecule has 0 unspecified atom stereocenters. The van der Waals surface area contributed by atoms with E-state index in [9.17, 15) is 9.59 Å². The van der Waals surface area contributed by atoms with Crippen LogP contribution in [-0.2, 0) is 22.6 Å². The van der Waals surface area contributed by atoms with E-state index in [1.165, 1.54) is 16.7 Å². The van der Waals surface area contributed by atoms with Crippen LogP contribution in [-0.4, -0.2) is 23.3 Å². The molecule has 1 fully saturated rings. The number of benzene rings is 2. The van der Waals surface area contributed by atoms with E-state index < -0.39 is 0 Å². The van der Waals surface area contributed by atoms with Crippen molar-refractivity contribution in [2.24, 2.45) is 11.8 Å². The number of hydrogen-bond acceptors (Lipinski definition) is 2. The van der Waals surface area contributed by atoms with Crippen molar-refractivity contribution in [1.29, 1.82) is 0 Å². The van der Waals surface area contributed by atoms with Crippen molar-refractivity contribution in [3.8, 4) is 0 Å². The van der Waals surface area contributed by atoms with Crippen LogP contribution in [0.15, 0.2) is 48.5 Å². The predicted molar refractivity (Wildman–Crippen MR) is 111 cm³/mol. The van der Waals surface area contributed by atoms with Gasteiger partial charge in [-0.25, -0.2) is 0 Å². The van der Waals surface area contributed by atoms with E-state index in [0.717, 1.165) is 50.9 Å². The van der Waals surface area contributed by atoms with Gasteiger partial charge in [-0.3, -0.25) is 9.59 Å². The number of fused-ring (bicyclic) bond motifs is 1. The molecule has 0 spiro atoms. The maximum Gasteiger partial charge on any atom is 0.227 e. The zero-order valence-corrected chi connectivity index (χ0v) is 16.5. The molecule has 1 aliphatic carbocycles. The molecule has 0 aromatic heterocycles. The fourth-order valence-corrected chi connectivity index (χ4v) is 4.43. The molecule has 0 bridgehead atoms. The van der Waals surface area contributed by atoms with Gasteiger partial charge in [-0.05, 0) is 62.3 Å². The van der Waals surface area contributed by atoms with Gasteiger partial charge in [0.15, 0.2) is 0 Å². The Hall–Kier alpha value is -2.62. The normalized spacial score (nSPS) is 21.7. The van der Waals surface area contributed by atoms with Crippen LogP contribution in [0.1, 0.15) is 42.4 Å². The fourth-order valence-electron chi connectivity index (χ4n) is 4.43. The number of carbonyl (C=O) groups excluding carboxylic acids is 2. The monoisotopic (exact) mass is 376 g/mol. The molecule has 0 radical (unpaired) electrons. The van der Waals surface area contributed by atoms with Gasteiger partial charge < -0.3 is 10.2 Å². The lowest BCUT2D eigenvalue weighted by Crippen LogP contribution is -2.41. The standard InChI is InChI=1S/C24H28N2O2/c1-17-6-12-22(13-7-17)25-23(27)19-8-10-20(11-9-19)24(28)26-15-14-18-4-2-3-5-21(18)16-26/h2-7,12-13,19-20H,8-11,14-16H2,1H3,(H,25,27). The first-order valence-corrected chi connectivity index (χ1v) is 10.3. The van der Waals surface area contributed by atoms with E-state index in [-0.39, 0.29) is 23.7 Å². The molecule has 0 atom stereocenters. The van der Waals surface area contributed by atoms with Crippen LogP contribution in [0.4, 0.5) is 5.69 Å². The Bertz CT molecular complexity index is 851. The lowest BCUT2D eigenvalue weighted by molar-refractivity contribution is -0.138. The first kappa shape index (κ1) is 18.7. The van der Waals surface area contributed by atoms with E-state index in [1.807, 2.05) is 42.2 Å². The minimum atomic E-state index is 0.00688. The van der Waals surface area contributed by atoms with Crippen molar-refractivity contribution in [3.63, 3.8) is 0 Å². The van der Waals surface area contributed by atoms with Crippen LogP contribution in [0.3, 0.4) is 0 Å². The summed E-state index contributed by atoms with van der Waals surface area (Å²) in [5.74, 6) is 0.426. The van der Waals surface area contributed by atoms with Gasteiger partial charge in [-0.2, -0.15) is 0 Å². The molecular weight excluding hydrogens is 348 g/mol. The molecule has 146 valence electrons. The number of hydrogen-bond donors (Lipinski definition) is 1. The second kappa shape index (κ2) is 8.17. The molecule has 2 amide bonds. The lowest BCUT2D eigenvalue weighted by atomic mass is 9.80. The molecule has 4 rings (SSSR count). The van der Waals surface area contributed by atoms with E-state index in [1.54, 1.807) is 0 Å². The summed E-state index contributed by atoms with van der Waals surface area (Å²) in [6, 6.07) is 16.3. The molecule has 2 aromatic carbocycles. The van der Waals surface area contributed by atoms with Crippen molar-refractivity contribution in [2.75, 3.05) is 11.9 Å². The number of rotatable bonds is 3. The fraction of sp³-hybridized carbons (Fsp3) is 0.417. The van der Waals surface area contributed by atoms with Crippen LogP contribution < -0.4 is 5.32 Å². The van der Waals surface area contributed by atoms with Crippen LogP contribution in [0.25, 0.3) is 0 Å². The smallest absolute Gasteiger partial charge is 0.227 e. The average molecular weight is 377 g/mol. The van der Waals surface area contributed by atoms with Gasteiger partial charge in [-0.15, -0.1) is 0 Å². The minimum absolute atomic E-state index is 0.00688. The average Bonchev–Trinajstić information content (AvgIpc) is 2.74. The Balaban J connectivity index is 1.29. The number of nitrogens with zero attached hydrogens (tertiary/aromatic N) is 1. The summed E-state index contributed by atoms with van der Waals surface area (Å²) in [4.78, 5) is 27.6. The molecule has 1 aliphatic heterocycles. The number of anilines is 1. The number of aryl methyl sites for hydroxylation is 1. The van der Waals surface area contributed by atoms with Gasteiger partial charge in [0, 0.05) is 30.6 Å². The van der Waals surface area contributed by atoms with Gasteiger partial charge in [0.05, 0.1) is 0 Å². The molecular formula is C24H28N2O2. The Morgan fingerprint density at radius 2 is 1.54 bits per heavy atom. The van der Waals surface area contributed by atoms with Gasteiger partial charge in [0.2, 0.25) is 11.8 Å². The molecule has 1 heterocycles. The number of amides is 2. The highest BCUT2D eigenvalue weighted by atomic mass is 16.2. The second-order valence-electron chi connectivity index (χ2n) is 8.18. The lowest BCUT2D eigenvalue weighted by Gasteiger charge is -2.34. The SMILES string of the molecule is Cc1ccc(NC(=O)C2CCC(C(=O)N3CCc4ccccc4C3)CC2)cc1. The highest BCUT2D eigenvalue weighted by Gasteiger charge is 2.33. The largest absolute Gasteiger partial charge is 0.338 e. The van der Waals surface area contributed by atoms with Gasteiger partial charge in [0.1, 0.15) is 0 Å². The maximum absolute atomic E-state index is 13.0. The second-order valence-corrected chi connectivity index (χ2v) is 8.18. The van der Waals surface area contributed by atoms with E-state index in [2.05, 4.69) is 23.5 Å². The van der Waals surface area contributed by atoms with Crippen molar-refractivity contribution in [2.45, 2.75) is 45.6 Å². The predicted octanol–water partition coefficient (Wildman–Crippen LogP) is 4.32. The Kier molecular flexibility index (Phi) is 5.47. The van der Waals surface area contributed by atoms with Crippen LogP contribution in [0.5, 0.6) is 0 Å². The van der Waals surface area contributed by atoms with Crippen molar-refractivity contribution >= 4 is 17.5 Å². The van der Waals surface area contributed by atoms with Crippen LogP contribution in [0.2, 0.25) is 0 Å². The highest BCUT2D eigenvalue weighted by molar-refractivity contribution is 5.92. The zero-order chi connectivity index (χ0) is 19.5. The van der Waals surface area contributed by atoms with Crippen LogP contribution >= 0.6 is 0 Å². The van der Waals surface area contributed by atoms with E-state index in [4.69, 9.17) is 0 Å². The number of carbonyl (C=O) groups is 2. The molecule has 1 saturated carbocycles. The van der Waals surface area contributed by atoms with Gasteiger partial charge in [-0.1, -0.05) is 42.0 Å². The first-order valence-electron chi connectivity index (χ1n) is 10.3. The third-order valence-electron chi connectivity index (χ3n) is 6.21. The third kappa shape index (κ3) is 4.11. The highest BCUT2D eigenvalue weighted by Crippen LogP contribution is 2.32. The molecule has 1 N–H and O–H groups in total. The molecule has 4 nitrogen and oxygen atoms in total. The van der Waals surface area contributed by atoms with Crippen molar-refractivity contribution in [3.05, 3.63) is 65.2 Å². The Labute approximate surface area is 166 Å². The van der Waals surface area contributed by atoms with Gasteiger partial charge in [0.25, 0.3) is 0 Å². The summed E-state index contributed by atoms with van der Waals surface area (Å²) < 4.78 is 0. The quantitative estimate of drug-likeness (QED) is 0.867. The molecule has 28 heavy (non-hydrogen) atoms. The summed E-state index contributed by atoms with van der Waals surface area (Å²) in [5, 5.41) is 3.02. The summed E-state index contributed by atoms with van der Waals surface area (Å²) >= 11 is 0. The van der Waals surface area contributed by atoms with Crippen molar-refractivity contribution in [1.82, 2.24) is 4.90 Å². The molecule has 2 aliphatic rings. The minimum Gasteiger partial charge on any atom is -0.338 e. The first-order chi connectivity index (χ1) is 13.6. The van der Waals surface area contributed by atoms with Crippen molar-refractivity contribution < 1.29 is 9.59 Å². The third-order valence-corrected chi connectivity index (χ3v) is 6.21. The topological polar surface area (TPSA) is 49.4 Å². The van der Waals surface area contributed by atoms with Gasteiger partial charge >= 0.3 is 0 Å². The summed E-state index contributed by atoms with van der Waals surface area (Å²) in [7, 11) is 0. The van der Waals surface area contributed by atoms with E-state index >= 15 is 0 Å². The zero-order valence-electron chi connectivity index (χ0n) is 16.5. The summed E-state index contributed by atoms with van der Waals surface area (Å²) in [5.41, 5.74) is 4.66. The maximum atomic E-state index is 13.0. The number of nitrogens with one attached hydrogen (secondary N) is 1. The van der Waals surface area contributed by atoms with E-state index in [0.29, 0.717) is 0 Å².